The molecule has 3 aromatic rings. The Bertz CT molecular complexity index is 920. The van der Waals surface area contributed by atoms with E-state index >= 15 is 0 Å². The Morgan fingerprint density at radius 1 is 0.960 bits per heavy atom. The number of anilines is 2. The number of hydrogen-bond acceptors (Lipinski definition) is 3. The molecule has 0 radical (unpaired) electrons. The van der Waals surface area contributed by atoms with Crippen molar-refractivity contribution in [3.05, 3.63) is 82.8 Å². The Balaban J connectivity index is 1.75. The molecule has 2 amide bonds. The van der Waals surface area contributed by atoms with Crippen LogP contribution in [-0.4, -0.2) is 11.8 Å². The van der Waals surface area contributed by atoms with Crippen molar-refractivity contribution in [3.63, 3.8) is 0 Å². The molecule has 0 aliphatic carbocycles. The molecule has 0 bridgehead atoms. The van der Waals surface area contributed by atoms with Gasteiger partial charge in [0.2, 0.25) is 0 Å². The largest absolute Gasteiger partial charge is 0.459 e. The molecule has 0 spiro atoms. The molecule has 3 rings (SSSR count). The van der Waals surface area contributed by atoms with Crippen molar-refractivity contribution in [2.24, 2.45) is 0 Å². The first-order chi connectivity index (χ1) is 12.0. The van der Waals surface area contributed by atoms with Gasteiger partial charge in [0.1, 0.15) is 0 Å². The molecule has 0 atom stereocenters. The summed E-state index contributed by atoms with van der Waals surface area (Å²) in [5, 5.41) is 6.09. The SMILES string of the molecule is Cc1c(Cl)cccc1NC(=O)c1cccc(NC(=O)c2ccco2)c1. The minimum Gasteiger partial charge on any atom is -0.459 e. The number of carbonyl (C=O) groups excluding carboxylic acids is 2. The van der Waals surface area contributed by atoms with Gasteiger partial charge in [-0.25, -0.2) is 0 Å². The van der Waals surface area contributed by atoms with Crippen LogP contribution in [0.3, 0.4) is 0 Å². The van der Waals surface area contributed by atoms with Crippen molar-refractivity contribution in [3.8, 4) is 0 Å². The van der Waals surface area contributed by atoms with E-state index in [0.717, 1.165) is 5.56 Å². The molecule has 0 aliphatic rings. The zero-order valence-corrected chi connectivity index (χ0v) is 14.1. The van der Waals surface area contributed by atoms with Gasteiger partial charge in [0, 0.05) is 22.0 Å². The molecule has 2 N–H and O–H groups in total. The third-order valence-electron chi connectivity index (χ3n) is 3.64. The van der Waals surface area contributed by atoms with Gasteiger partial charge in [0.25, 0.3) is 11.8 Å². The van der Waals surface area contributed by atoms with Crippen LogP contribution in [0, 0.1) is 6.92 Å². The average Bonchev–Trinajstić information content (AvgIpc) is 3.14. The average molecular weight is 355 g/mol. The number of nitrogens with one attached hydrogen (secondary N) is 2. The van der Waals surface area contributed by atoms with Crippen molar-refractivity contribution in [1.82, 2.24) is 0 Å². The van der Waals surface area contributed by atoms with Crippen LogP contribution in [0.5, 0.6) is 0 Å². The number of furan rings is 1. The van der Waals surface area contributed by atoms with E-state index in [4.69, 9.17) is 16.0 Å². The maximum absolute atomic E-state index is 12.5. The first-order valence-corrected chi connectivity index (χ1v) is 7.94. The number of halogens is 1. The number of amides is 2. The molecule has 6 heteroatoms. The van der Waals surface area contributed by atoms with Crippen LogP contribution in [0.25, 0.3) is 0 Å². The lowest BCUT2D eigenvalue weighted by molar-refractivity contribution is 0.0993. The lowest BCUT2D eigenvalue weighted by Gasteiger charge is -2.10. The van der Waals surface area contributed by atoms with E-state index in [2.05, 4.69) is 10.6 Å². The van der Waals surface area contributed by atoms with E-state index in [1.807, 2.05) is 6.92 Å². The first-order valence-electron chi connectivity index (χ1n) is 7.56. The van der Waals surface area contributed by atoms with E-state index < -0.39 is 0 Å². The highest BCUT2D eigenvalue weighted by Gasteiger charge is 2.12. The fraction of sp³-hybridized carbons (Fsp3) is 0.0526. The van der Waals surface area contributed by atoms with Gasteiger partial charge in [-0.05, 0) is 55.0 Å². The van der Waals surface area contributed by atoms with Crippen molar-refractivity contribution in [2.45, 2.75) is 6.92 Å². The van der Waals surface area contributed by atoms with Crippen molar-refractivity contribution < 1.29 is 14.0 Å². The van der Waals surface area contributed by atoms with Crippen molar-refractivity contribution >= 4 is 34.8 Å². The maximum Gasteiger partial charge on any atom is 0.291 e. The summed E-state index contributed by atoms with van der Waals surface area (Å²) in [7, 11) is 0. The predicted molar refractivity (Wildman–Crippen MR) is 97.2 cm³/mol. The Labute approximate surface area is 149 Å². The summed E-state index contributed by atoms with van der Waals surface area (Å²) < 4.78 is 5.04. The molecule has 0 aliphatic heterocycles. The van der Waals surface area contributed by atoms with E-state index in [1.165, 1.54) is 6.26 Å². The van der Waals surface area contributed by atoms with Crippen LogP contribution in [0.1, 0.15) is 26.5 Å². The molecule has 1 aromatic heterocycles. The minimum atomic E-state index is -0.381. The molecule has 5 nitrogen and oxygen atoms in total. The van der Waals surface area contributed by atoms with E-state index in [9.17, 15) is 9.59 Å². The number of benzene rings is 2. The second-order valence-corrected chi connectivity index (χ2v) is 5.79. The lowest BCUT2D eigenvalue weighted by Crippen LogP contribution is -2.14. The van der Waals surface area contributed by atoms with Crippen LogP contribution >= 0.6 is 11.6 Å². The van der Waals surface area contributed by atoms with Crippen LogP contribution in [0.4, 0.5) is 11.4 Å². The molecule has 0 saturated heterocycles. The normalized spacial score (nSPS) is 10.3. The van der Waals surface area contributed by atoms with Gasteiger partial charge >= 0.3 is 0 Å². The molecule has 0 saturated carbocycles. The van der Waals surface area contributed by atoms with Crippen LogP contribution in [-0.2, 0) is 0 Å². The topological polar surface area (TPSA) is 71.3 Å². The summed E-state index contributed by atoms with van der Waals surface area (Å²) in [6, 6.07) is 15.2. The summed E-state index contributed by atoms with van der Waals surface area (Å²) in [5.41, 5.74) is 2.34. The van der Waals surface area contributed by atoms with Gasteiger partial charge in [0.05, 0.1) is 6.26 Å². The zero-order valence-electron chi connectivity index (χ0n) is 13.4. The number of rotatable bonds is 4. The Morgan fingerprint density at radius 3 is 2.52 bits per heavy atom. The van der Waals surface area contributed by atoms with Crippen LogP contribution in [0.15, 0.2) is 65.3 Å². The van der Waals surface area contributed by atoms with Gasteiger partial charge in [0.15, 0.2) is 5.76 Å². The molecule has 0 fully saturated rings. The summed E-state index contributed by atoms with van der Waals surface area (Å²) in [6.45, 7) is 1.83. The standard InChI is InChI=1S/C19H15ClN2O3/c1-12-15(20)7-3-8-16(12)22-18(23)13-5-2-6-14(11-13)21-19(24)17-9-4-10-25-17/h2-11H,1H3,(H,21,24)(H,22,23). The van der Waals surface area contributed by atoms with Gasteiger partial charge in [-0.1, -0.05) is 23.7 Å². The fourth-order valence-electron chi connectivity index (χ4n) is 2.28. The summed E-state index contributed by atoms with van der Waals surface area (Å²) >= 11 is 6.07. The van der Waals surface area contributed by atoms with Gasteiger partial charge in [-0.3, -0.25) is 9.59 Å². The van der Waals surface area contributed by atoms with Crippen molar-refractivity contribution in [2.75, 3.05) is 10.6 Å². The maximum atomic E-state index is 12.5. The predicted octanol–water partition coefficient (Wildman–Crippen LogP) is 4.75. The smallest absolute Gasteiger partial charge is 0.291 e. The summed E-state index contributed by atoms with van der Waals surface area (Å²) in [5.74, 6) is -0.475. The third kappa shape index (κ3) is 3.89. The molecule has 1 heterocycles. The monoisotopic (exact) mass is 354 g/mol. The van der Waals surface area contributed by atoms with Gasteiger partial charge in [-0.15, -0.1) is 0 Å². The molecule has 0 unspecified atom stereocenters. The number of carbonyl (C=O) groups is 2. The second-order valence-electron chi connectivity index (χ2n) is 5.38. The van der Waals surface area contributed by atoms with Crippen LogP contribution < -0.4 is 10.6 Å². The molecule has 126 valence electrons. The molecular formula is C19H15ClN2O3. The van der Waals surface area contributed by atoms with Gasteiger partial charge < -0.3 is 15.1 Å². The van der Waals surface area contributed by atoms with E-state index in [-0.39, 0.29) is 17.6 Å². The quantitative estimate of drug-likeness (QED) is 0.710. The second kappa shape index (κ2) is 7.23. The fourth-order valence-corrected chi connectivity index (χ4v) is 2.45. The Morgan fingerprint density at radius 2 is 1.76 bits per heavy atom. The van der Waals surface area contributed by atoms with E-state index in [0.29, 0.717) is 22.0 Å². The summed E-state index contributed by atoms with van der Waals surface area (Å²) in [4.78, 5) is 24.5. The highest BCUT2D eigenvalue weighted by Crippen LogP contribution is 2.23. The Kier molecular flexibility index (Phi) is 4.86. The summed E-state index contributed by atoms with van der Waals surface area (Å²) in [6.07, 6.45) is 1.42. The third-order valence-corrected chi connectivity index (χ3v) is 4.05. The van der Waals surface area contributed by atoms with Crippen LogP contribution in [0.2, 0.25) is 5.02 Å². The van der Waals surface area contributed by atoms with E-state index in [1.54, 1.807) is 54.6 Å². The highest BCUT2D eigenvalue weighted by atomic mass is 35.5. The highest BCUT2D eigenvalue weighted by molar-refractivity contribution is 6.31. The Hall–Kier alpha value is -3.05. The zero-order chi connectivity index (χ0) is 17.8. The first kappa shape index (κ1) is 16.8. The van der Waals surface area contributed by atoms with Gasteiger partial charge in [-0.2, -0.15) is 0 Å². The minimum absolute atomic E-state index is 0.199. The molecular weight excluding hydrogens is 340 g/mol. The van der Waals surface area contributed by atoms with Crippen molar-refractivity contribution in [1.29, 1.82) is 0 Å². The lowest BCUT2D eigenvalue weighted by atomic mass is 10.1. The molecule has 25 heavy (non-hydrogen) atoms. The molecule has 2 aromatic carbocycles. The number of hydrogen-bond donors (Lipinski definition) is 2.